The summed E-state index contributed by atoms with van der Waals surface area (Å²) in [4.78, 5) is 12.0. The predicted octanol–water partition coefficient (Wildman–Crippen LogP) is 2.10. The van der Waals surface area contributed by atoms with E-state index in [1.807, 2.05) is 24.3 Å². The summed E-state index contributed by atoms with van der Waals surface area (Å²) in [6.07, 6.45) is 0.489. The highest BCUT2D eigenvalue weighted by Crippen LogP contribution is 2.35. The molecule has 0 bridgehead atoms. The monoisotopic (exact) mass is 224 g/mol. The third-order valence-electron chi connectivity index (χ3n) is 2.19. The Kier molecular flexibility index (Phi) is 3.16. The molecule has 1 aliphatic rings. The lowest BCUT2D eigenvalue weighted by molar-refractivity contribution is -0.137. The Morgan fingerprint density at radius 1 is 1.47 bits per heavy atom. The van der Waals surface area contributed by atoms with Crippen LogP contribution in [0.4, 0.5) is 0 Å². The molecule has 1 aliphatic heterocycles. The molecule has 0 spiro atoms. The van der Waals surface area contributed by atoms with Crippen LogP contribution in [-0.2, 0) is 9.53 Å². The molecule has 1 fully saturated rings. The zero-order valence-electron chi connectivity index (χ0n) is 8.43. The third-order valence-corrected chi connectivity index (χ3v) is 3.41. The van der Waals surface area contributed by atoms with Crippen LogP contribution in [0.3, 0.4) is 0 Å². The summed E-state index contributed by atoms with van der Waals surface area (Å²) in [6, 6.07) is 7.80. The Morgan fingerprint density at radius 3 is 2.93 bits per heavy atom. The standard InChI is InChI=1S/C11H12O3S/c1-13-9-4-2-3-5-10(9)15-8-6-11(12)14-7-8/h2-5,8H,6-7H2,1H3/t8-/m1/s1. The number of carbonyl (C=O) groups is 1. The minimum absolute atomic E-state index is 0.109. The molecule has 0 aliphatic carbocycles. The average Bonchev–Trinajstić information content (AvgIpc) is 2.65. The molecule has 1 aromatic rings. The van der Waals surface area contributed by atoms with Gasteiger partial charge in [0.2, 0.25) is 0 Å². The second kappa shape index (κ2) is 4.57. The van der Waals surface area contributed by atoms with Gasteiger partial charge in [-0.15, -0.1) is 11.8 Å². The Bertz CT molecular complexity index is 365. The van der Waals surface area contributed by atoms with Crippen molar-refractivity contribution >= 4 is 17.7 Å². The Labute approximate surface area is 92.8 Å². The van der Waals surface area contributed by atoms with Crippen LogP contribution >= 0.6 is 11.8 Å². The quantitative estimate of drug-likeness (QED) is 0.737. The zero-order chi connectivity index (χ0) is 10.7. The van der Waals surface area contributed by atoms with Crippen molar-refractivity contribution in [2.75, 3.05) is 13.7 Å². The van der Waals surface area contributed by atoms with Crippen molar-refractivity contribution in [1.29, 1.82) is 0 Å². The second-order valence-corrected chi connectivity index (χ2v) is 4.62. The summed E-state index contributed by atoms with van der Waals surface area (Å²) in [7, 11) is 1.65. The number of carbonyl (C=O) groups excluding carboxylic acids is 1. The number of cyclic esters (lactones) is 1. The molecule has 3 nitrogen and oxygen atoms in total. The Hall–Kier alpha value is -1.16. The summed E-state index contributed by atoms with van der Waals surface area (Å²) in [5, 5.41) is 0.216. The van der Waals surface area contributed by atoms with Crippen LogP contribution in [-0.4, -0.2) is 24.9 Å². The molecule has 2 rings (SSSR count). The second-order valence-electron chi connectivity index (χ2n) is 3.28. The van der Waals surface area contributed by atoms with Crippen LogP contribution in [0, 0.1) is 0 Å². The summed E-state index contributed by atoms with van der Waals surface area (Å²) < 4.78 is 10.1. The predicted molar refractivity (Wildman–Crippen MR) is 58.2 cm³/mol. The molecule has 0 amide bonds. The van der Waals surface area contributed by atoms with Crippen molar-refractivity contribution in [1.82, 2.24) is 0 Å². The fraction of sp³-hybridized carbons (Fsp3) is 0.364. The van der Waals surface area contributed by atoms with Crippen molar-refractivity contribution in [3.8, 4) is 5.75 Å². The van der Waals surface area contributed by atoms with Crippen LogP contribution < -0.4 is 4.74 Å². The first-order valence-corrected chi connectivity index (χ1v) is 5.63. The van der Waals surface area contributed by atoms with Crippen molar-refractivity contribution in [2.45, 2.75) is 16.6 Å². The molecular formula is C11H12O3S. The van der Waals surface area contributed by atoms with Gasteiger partial charge in [0.15, 0.2) is 0 Å². The maximum atomic E-state index is 10.9. The van der Waals surface area contributed by atoms with Crippen LogP contribution in [0.15, 0.2) is 29.2 Å². The molecular weight excluding hydrogens is 212 g/mol. The molecule has 1 aromatic carbocycles. The van der Waals surface area contributed by atoms with E-state index in [9.17, 15) is 4.79 Å². The number of ether oxygens (including phenoxy) is 2. The van der Waals surface area contributed by atoms with Crippen molar-refractivity contribution in [3.63, 3.8) is 0 Å². The first-order chi connectivity index (χ1) is 7.29. The normalized spacial score (nSPS) is 20.1. The number of hydrogen-bond acceptors (Lipinski definition) is 4. The maximum absolute atomic E-state index is 10.9. The van der Waals surface area contributed by atoms with Crippen LogP contribution in [0.2, 0.25) is 0 Å². The van der Waals surface area contributed by atoms with E-state index in [4.69, 9.17) is 9.47 Å². The zero-order valence-corrected chi connectivity index (χ0v) is 9.25. The van der Waals surface area contributed by atoms with Crippen molar-refractivity contribution in [2.24, 2.45) is 0 Å². The van der Waals surface area contributed by atoms with Gasteiger partial charge in [0.25, 0.3) is 0 Å². The molecule has 15 heavy (non-hydrogen) atoms. The van der Waals surface area contributed by atoms with Gasteiger partial charge in [0, 0.05) is 4.90 Å². The summed E-state index contributed by atoms with van der Waals surface area (Å²) >= 11 is 1.64. The molecule has 1 heterocycles. The number of benzene rings is 1. The Morgan fingerprint density at radius 2 is 2.27 bits per heavy atom. The van der Waals surface area contributed by atoms with E-state index in [-0.39, 0.29) is 11.2 Å². The van der Waals surface area contributed by atoms with Crippen molar-refractivity contribution < 1.29 is 14.3 Å². The molecule has 0 unspecified atom stereocenters. The van der Waals surface area contributed by atoms with E-state index in [1.54, 1.807) is 18.9 Å². The fourth-order valence-electron chi connectivity index (χ4n) is 1.46. The molecule has 0 saturated carbocycles. The topological polar surface area (TPSA) is 35.5 Å². The van der Waals surface area contributed by atoms with Crippen LogP contribution in [0.1, 0.15) is 6.42 Å². The maximum Gasteiger partial charge on any atom is 0.307 e. The van der Waals surface area contributed by atoms with Gasteiger partial charge in [-0.25, -0.2) is 0 Å². The van der Waals surface area contributed by atoms with Gasteiger partial charge < -0.3 is 9.47 Å². The van der Waals surface area contributed by atoms with Gasteiger partial charge in [-0.05, 0) is 12.1 Å². The fourth-order valence-corrected chi connectivity index (χ4v) is 2.60. The molecule has 4 heteroatoms. The molecule has 0 aromatic heterocycles. The lowest BCUT2D eigenvalue weighted by atomic mass is 10.3. The number of rotatable bonds is 3. The van der Waals surface area contributed by atoms with E-state index >= 15 is 0 Å². The highest BCUT2D eigenvalue weighted by Gasteiger charge is 2.25. The first-order valence-electron chi connectivity index (χ1n) is 4.75. The number of thioether (sulfide) groups is 1. The molecule has 0 radical (unpaired) electrons. The summed E-state index contributed by atoms with van der Waals surface area (Å²) in [5.74, 6) is 0.740. The average molecular weight is 224 g/mol. The van der Waals surface area contributed by atoms with Crippen LogP contribution in [0.25, 0.3) is 0 Å². The smallest absolute Gasteiger partial charge is 0.307 e. The number of methoxy groups -OCH3 is 1. The van der Waals surface area contributed by atoms with E-state index in [0.717, 1.165) is 10.6 Å². The minimum Gasteiger partial charge on any atom is -0.496 e. The van der Waals surface area contributed by atoms with Gasteiger partial charge >= 0.3 is 5.97 Å². The summed E-state index contributed by atoms with van der Waals surface area (Å²) in [5.41, 5.74) is 0. The largest absolute Gasteiger partial charge is 0.496 e. The SMILES string of the molecule is COc1ccccc1S[C@H]1COC(=O)C1. The number of hydrogen-bond donors (Lipinski definition) is 0. The molecule has 1 saturated heterocycles. The number of para-hydroxylation sites is 1. The molecule has 1 atom stereocenters. The van der Waals surface area contributed by atoms with Gasteiger partial charge in [-0.2, -0.15) is 0 Å². The minimum atomic E-state index is -0.109. The highest BCUT2D eigenvalue weighted by molar-refractivity contribution is 8.00. The lowest BCUT2D eigenvalue weighted by Gasteiger charge is -2.09. The van der Waals surface area contributed by atoms with E-state index in [0.29, 0.717) is 13.0 Å². The lowest BCUT2D eigenvalue weighted by Crippen LogP contribution is -2.00. The highest BCUT2D eigenvalue weighted by atomic mass is 32.2. The summed E-state index contributed by atoms with van der Waals surface area (Å²) in [6.45, 7) is 0.502. The van der Waals surface area contributed by atoms with Gasteiger partial charge in [0.1, 0.15) is 12.4 Å². The van der Waals surface area contributed by atoms with E-state index in [2.05, 4.69) is 0 Å². The third kappa shape index (κ3) is 2.45. The first kappa shape index (κ1) is 10.4. The molecule has 0 N–H and O–H groups in total. The number of esters is 1. The molecule has 80 valence electrons. The van der Waals surface area contributed by atoms with Crippen LogP contribution in [0.5, 0.6) is 5.75 Å². The van der Waals surface area contributed by atoms with Gasteiger partial charge in [-0.3, -0.25) is 4.79 Å². The van der Waals surface area contributed by atoms with Gasteiger partial charge in [0.05, 0.1) is 18.8 Å². The van der Waals surface area contributed by atoms with Gasteiger partial charge in [-0.1, -0.05) is 12.1 Å². The van der Waals surface area contributed by atoms with E-state index < -0.39 is 0 Å². The van der Waals surface area contributed by atoms with Crippen molar-refractivity contribution in [3.05, 3.63) is 24.3 Å². The Balaban J connectivity index is 2.07. The van der Waals surface area contributed by atoms with E-state index in [1.165, 1.54) is 0 Å².